The minimum Gasteiger partial charge on any atom is -0.504 e. The number of aryl methyl sites for hydroxylation is 1. The summed E-state index contributed by atoms with van der Waals surface area (Å²) in [6.07, 6.45) is 0.585. The van der Waals surface area contributed by atoms with Gasteiger partial charge in [0.15, 0.2) is 11.3 Å². The van der Waals surface area contributed by atoms with Crippen LogP contribution >= 0.6 is 11.6 Å². The Morgan fingerprint density at radius 3 is 2.87 bits per heavy atom. The van der Waals surface area contributed by atoms with E-state index >= 15 is 0 Å². The Morgan fingerprint density at radius 2 is 2.20 bits per heavy atom. The number of hydrogen-bond donors (Lipinski definition) is 2. The van der Waals surface area contributed by atoms with Gasteiger partial charge in [-0.25, -0.2) is 0 Å². The van der Waals surface area contributed by atoms with Crippen LogP contribution in [-0.4, -0.2) is 11.7 Å². The highest BCUT2D eigenvalue weighted by Crippen LogP contribution is 2.36. The summed E-state index contributed by atoms with van der Waals surface area (Å²) in [5.74, 6) is 0.875. The fraction of sp³-hybridized carbons (Fsp3) is 0.273. The van der Waals surface area contributed by atoms with Crippen molar-refractivity contribution in [1.82, 2.24) is 0 Å². The number of aromatic hydroxyl groups is 1. The predicted octanol–water partition coefficient (Wildman–Crippen LogP) is 2.60. The number of rotatable bonds is 2. The van der Waals surface area contributed by atoms with Crippen molar-refractivity contribution in [1.29, 1.82) is 0 Å². The Bertz CT molecular complexity index is 505. The molecule has 0 aliphatic heterocycles. The first-order valence-corrected chi connectivity index (χ1v) is 5.12. The van der Waals surface area contributed by atoms with Crippen LogP contribution in [0.15, 0.2) is 16.5 Å². The number of phenolic OH excluding ortho intramolecular Hbond substituents is 1. The van der Waals surface area contributed by atoms with E-state index in [4.69, 9.17) is 21.8 Å². The van der Waals surface area contributed by atoms with Gasteiger partial charge in [-0.3, -0.25) is 0 Å². The van der Waals surface area contributed by atoms with Crippen molar-refractivity contribution in [3.63, 3.8) is 0 Å². The van der Waals surface area contributed by atoms with Crippen LogP contribution in [0.5, 0.6) is 5.75 Å². The van der Waals surface area contributed by atoms with Gasteiger partial charge in [0.2, 0.25) is 0 Å². The van der Waals surface area contributed by atoms with Gasteiger partial charge in [-0.1, -0.05) is 11.6 Å². The van der Waals surface area contributed by atoms with Gasteiger partial charge in [-0.05, 0) is 32.0 Å². The fourth-order valence-electron chi connectivity index (χ4n) is 1.66. The molecular weight excluding hydrogens is 214 g/mol. The number of nitrogens with two attached hydrogens (primary N) is 1. The predicted molar refractivity (Wildman–Crippen MR) is 60.4 cm³/mol. The van der Waals surface area contributed by atoms with Crippen molar-refractivity contribution in [2.45, 2.75) is 13.3 Å². The third-order valence-corrected chi connectivity index (χ3v) is 2.66. The molecule has 80 valence electrons. The lowest BCUT2D eigenvalue weighted by Crippen LogP contribution is -2.02. The Hall–Kier alpha value is -1.19. The molecule has 2 aromatic rings. The molecule has 0 fully saturated rings. The highest BCUT2D eigenvalue weighted by Gasteiger charge is 2.13. The zero-order chi connectivity index (χ0) is 11.0. The highest BCUT2D eigenvalue weighted by molar-refractivity contribution is 6.35. The molecule has 0 aliphatic carbocycles. The summed E-state index contributed by atoms with van der Waals surface area (Å²) in [5.41, 5.74) is 6.62. The average Bonchev–Trinajstić information content (AvgIpc) is 2.57. The van der Waals surface area contributed by atoms with E-state index in [0.29, 0.717) is 23.6 Å². The minimum atomic E-state index is 0.146. The van der Waals surface area contributed by atoms with Crippen LogP contribution in [0.2, 0.25) is 5.02 Å². The second-order valence-corrected chi connectivity index (χ2v) is 3.91. The molecule has 0 aliphatic rings. The molecule has 3 N–H and O–H groups in total. The molecule has 1 aromatic heterocycles. The number of fused-ring (bicyclic) bond motifs is 1. The lowest BCUT2D eigenvalue weighted by molar-refractivity contribution is 0.455. The molecule has 0 saturated heterocycles. The van der Waals surface area contributed by atoms with Gasteiger partial charge in [0, 0.05) is 10.9 Å². The second kappa shape index (κ2) is 3.76. The maximum absolute atomic E-state index is 9.91. The van der Waals surface area contributed by atoms with Crippen LogP contribution in [0.1, 0.15) is 11.3 Å². The maximum Gasteiger partial charge on any atom is 0.177 e. The van der Waals surface area contributed by atoms with Crippen LogP contribution in [-0.2, 0) is 6.42 Å². The lowest BCUT2D eigenvalue weighted by Gasteiger charge is -2.04. The van der Waals surface area contributed by atoms with E-state index in [0.717, 1.165) is 16.7 Å². The summed E-state index contributed by atoms with van der Waals surface area (Å²) in [6.45, 7) is 2.29. The summed E-state index contributed by atoms with van der Waals surface area (Å²) in [7, 11) is 0. The van der Waals surface area contributed by atoms with Gasteiger partial charge in [-0.2, -0.15) is 0 Å². The van der Waals surface area contributed by atoms with Crippen molar-refractivity contribution in [3.8, 4) is 5.75 Å². The molecule has 0 spiro atoms. The summed E-state index contributed by atoms with van der Waals surface area (Å²) in [5, 5.41) is 11.2. The zero-order valence-electron chi connectivity index (χ0n) is 8.38. The Kier molecular flexibility index (Phi) is 2.59. The van der Waals surface area contributed by atoms with Gasteiger partial charge in [0.25, 0.3) is 0 Å². The third kappa shape index (κ3) is 1.68. The van der Waals surface area contributed by atoms with E-state index in [2.05, 4.69) is 0 Å². The Morgan fingerprint density at radius 1 is 1.47 bits per heavy atom. The molecular formula is C11H12ClNO2. The number of phenols is 1. The molecule has 0 unspecified atom stereocenters. The monoisotopic (exact) mass is 225 g/mol. The van der Waals surface area contributed by atoms with E-state index < -0.39 is 0 Å². The smallest absolute Gasteiger partial charge is 0.177 e. The SMILES string of the molecule is Cc1cc2c(Cl)cc(CCN)c(O)c2o1. The van der Waals surface area contributed by atoms with Gasteiger partial charge >= 0.3 is 0 Å². The summed E-state index contributed by atoms with van der Waals surface area (Å²) in [4.78, 5) is 0. The molecule has 1 aromatic carbocycles. The van der Waals surface area contributed by atoms with Gasteiger partial charge in [0.1, 0.15) is 5.76 Å². The van der Waals surface area contributed by atoms with Crippen LogP contribution in [0.4, 0.5) is 0 Å². The fourth-order valence-corrected chi connectivity index (χ4v) is 1.93. The molecule has 15 heavy (non-hydrogen) atoms. The van der Waals surface area contributed by atoms with Crippen LogP contribution in [0, 0.1) is 6.92 Å². The summed E-state index contributed by atoms with van der Waals surface area (Å²) < 4.78 is 5.39. The second-order valence-electron chi connectivity index (χ2n) is 3.50. The summed E-state index contributed by atoms with van der Waals surface area (Å²) >= 11 is 6.07. The molecule has 0 saturated carbocycles. The topological polar surface area (TPSA) is 59.4 Å². The molecule has 0 atom stereocenters. The first kappa shape index (κ1) is 10.3. The van der Waals surface area contributed by atoms with Crippen molar-refractivity contribution >= 4 is 22.6 Å². The van der Waals surface area contributed by atoms with Gasteiger partial charge < -0.3 is 15.3 Å². The van der Waals surface area contributed by atoms with Crippen LogP contribution in [0.3, 0.4) is 0 Å². The number of hydrogen-bond acceptors (Lipinski definition) is 3. The molecule has 1 heterocycles. The largest absolute Gasteiger partial charge is 0.504 e. The molecule has 4 heteroatoms. The maximum atomic E-state index is 9.91. The quantitative estimate of drug-likeness (QED) is 0.826. The first-order chi connectivity index (χ1) is 7.13. The van der Waals surface area contributed by atoms with Crippen LogP contribution in [0.25, 0.3) is 11.0 Å². The van der Waals surface area contributed by atoms with Gasteiger partial charge in [-0.15, -0.1) is 0 Å². The molecule has 2 rings (SSSR count). The number of benzene rings is 1. The number of furan rings is 1. The molecule has 0 amide bonds. The first-order valence-electron chi connectivity index (χ1n) is 4.74. The average molecular weight is 226 g/mol. The minimum absolute atomic E-state index is 0.146. The van der Waals surface area contributed by atoms with Crippen molar-refractivity contribution in [2.75, 3.05) is 6.54 Å². The van der Waals surface area contributed by atoms with E-state index in [1.165, 1.54) is 0 Å². The van der Waals surface area contributed by atoms with Crippen LogP contribution < -0.4 is 5.73 Å². The Labute approximate surface area is 92.4 Å². The summed E-state index contributed by atoms with van der Waals surface area (Å²) in [6, 6.07) is 3.55. The molecule has 3 nitrogen and oxygen atoms in total. The normalized spacial score (nSPS) is 11.1. The van der Waals surface area contributed by atoms with E-state index in [9.17, 15) is 5.11 Å². The van der Waals surface area contributed by atoms with E-state index in [-0.39, 0.29) is 5.75 Å². The lowest BCUT2D eigenvalue weighted by atomic mass is 10.1. The van der Waals surface area contributed by atoms with E-state index in [1.807, 2.05) is 13.0 Å². The Balaban J connectivity index is 2.71. The number of halogens is 1. The van der Waals surface area contributed by atoms with Crippen molar-refractivity contribution < 1.29 is 9.52 Å². The third-order valence-electron chi connectivity index (χ3n) is 2.35. The standard InChI is InChI=1S/C11H12ClNO2/c1-6-4-8-9(12)5-7(2-3-13)10(14)11(8)15-6/h4-5,14H,2-3,13H2,1H3. The van der Waals surface area contributed by atoms with E-state index in [1.54, 1.807) is 6.07 Å². The van der Waals surface area contributed by atoms with Gasteiger partial charge in [0.05, 0.1) is 5.02 Å². The zero-order valence-corrected chi connectivity index (χ0v) is 9.14. The molecule has 0 bridgehead atoms. The van der Waals surface area contributed by atoms with Crippen molar-refractivity contribution in [2.24, 2.45) is 5.73 Å². The highest BCUT2D eigenvalue weighted by atomic mass is 35.5. The molecule has 0 radical (unpaired) electrons. The van der Waals surface area contributed by atoms with Crippen molar-refractivity contribution in [3.05, 3.63) is 28.5 Å².